The molecule has 0 aromatic heterocycles. The zero-order valence-electron chi connectivity index (χ0n) is 13.0. The van der Waals surface area contributed by atoms with E-state index in [1.807, 2.05) is 42.5 Å². The van der Waals surface area contributed by atoms with Gasteiger partial charge in [-0.1, -0.05) is 42.5 Å². The standard InChI is InChI=1S/C18H18F3NO2/c19-18(20,21)16-11-22(10-15(16)17(23)24)8-7-12-5-6-13-3-1-2-4-14(13)9-12/h1-6,9,15-16H,7-8,10-11H2,(H,23,24)/t15-,16-/m1/s1. The van der Waals surface area contributed by atoms with Crippen LogP contribution >= 0.6 is 0 Å². The average Bonchev–Trinajstić information content (AvgIpc) is 2.97. The summed E-state index contributed by atoms with van der Waals surface area (Å²) in [6, 6.07) is 13.9. The van der Waals surface area contributed by atoms with Crippen molar-refractivity contribution < 1.29 is 23.1 Å². The number of rotatable bonds is 4. The van der Waals surface area contributed by atoms with Gasteiger partial charge in [-0.05, 0) is 22.8 Å². The molecule has 2 aromatic carbocycles. The Hall–Kier alpha value is -2.08. The van der Waals surface area contributed by atoms with Crippen LogP contribution in [0.4, 0.5) is 13.2 Å². The van der Waals surface area contributed by atoms with Crippen LogP contribution in [-0.2, 0) is 11.2 Å². The molecule has 1 N–H and O–H groups in total. The second-order valence-electron chi connectivity index (χ2n) is 6.28. The van der Waals surface area contributed by atoms with E-state index in [1.54, 1.807) is 4.90 Å². The highest BCUT2D eigenvalue weighted by molar-refractivity contribution is 5.83. The van der Waals surface area contributed by atoms with Crippen LogP contribution in [0.2, 0.25) is 0 Å². The Kier molecular flexibility index (Phi) is 4.49. The van der Waals surface area contributed by atoms with Crippen molar-refractivity contribution in [1.82, 2.24) is 4.90 Å². The fourth-order valence-corrected chi connectivity index (χ4v) is 3.33. The van der Waals surface area contributed by atoms with Gasteiger partial charge in [-0.25, -0.2) is 0 Å². The summed E-state index contributed by atoms with van der Waals surface area (Å²) < 4.78 is 39.0. The Morgan fingerprint density at radius 1 is 1.12 bits per heavy atom. The normalized spacial score (nSPS) is 22.1. The number of carboxylic acid groups (broad SMARTS) is 1. The lowest BCUT2D eigenvalue weighted by Gasteiger charge is -2.18. The third kappa shape index (κ3) is 3.53. The van der Waals surface area contributed by atoms with Gasteiger partial charge in [0.25, 0.3) is 0 Å². The zero-order valence-corrected chi connectivity index (χ0v) is 13.0. The highest BCUT2D eigenvalue weighted by Crippen LogP contribution is 2.37. The molecule has 0 radical (unpaired) electrons. The molecule has 0 unspecified atom stereocenters. The minimum atomic E-state index is -4.47. The molecule has 24 heavy (non-hydrogen) atoms. The van der Waals surface area contributed by atoms with Gasteiger partial charge in [-0.2, -0.15) is 13.2 Å². The smallest absolute Gasteiger partial charge is 0.393 e. The molecule has 3 rings (SSSR count). The number of hydrogen-bond donors (Lipinski definition) is 1. The molecule has 2 atom stereocenters. The zero-order chi connectivity index (χ0) is 17.3. The number of nitrogens with zero attached hydrogens (tertiary/aromatic N) is 1. The average molecular weight is 337 g/mol. The molecule has 1 fully saturated rings. The van der Waals surface area contributed by atoms with E-state index < -0.39 is 24.0 Å². The Morgan fingerprint density at radius 3 is 2.46 bits per heavy atom. The van der Waals surface area contributed by atoms with Gasteiger partial charge in [0.2, 0.25) is 0 Å². The third-order valence-electron chi connectivity index (χ3n) is 4.66. The van der Waals surface area contributed by atoms with Crippen LogP contribution < -0.4 is 0 Å². The minimum absolute atomic E-state index is 0.0485. The largest absolute Gasteiger partial charge is 0.481 e. The van der Waals surface area contributed by atoms with E-state index in [0.29, 0.717) is 13.0 Å². The molecular formula is C18H18F3NO2. The number of hydrogen-bond acceptors (Lipinski definition) is 2. The van der Waals surface area contributed by atoms with Gasteiger partial charge in [0, 0.05) is 19.6 Å². The summed E-state index contributed by atoms with van der Waals surface area (Å²) in [5.74, 6) is -4.53. The molecule has 1 saturated heterocycles. The summed E-state index contributed by atoms with van der Waals surface area (Å²) in [7, 11) is 0. The molecule has 0 aliphatic carbocycles. The molecule has 3 nitrogen and oxygen atoms in total. The molecule has 1 heterocycles. The van der Waals surface area contributed by atoms with Gasteiger partial charge in [0.15, 0.2) is 0 Å². The number of halogens is 3. The Morgan fingerprint density at radius 2 is 1.83 bits per heavy atom. The Balaban J connectivity index is 1.66. The van der Waals surface area contributed by atoms with E-state index in [4.69, 9.17) is 5.11 Å². The van der Waals surface area contributed by atoms with Gasteiger partial charge >= 0.3 is 12.1 Å². The van der Waals surface area contributed by atoms with Crippen molar-refractivity contribution in [2.24, 2.45) is 11.8 Å². The van der Waals surface area contributed by atoms with Gasteiger partial charge in [0.05, 0.1) is 11.8 Å². The molecule has 2 aromatic rings. The molecule has 1 aliphatic heterocycles. The predicted molar refractivity (Wildman–Crippen MR) is 84.8 cm³/mol. The second-order valence-corrected chi connectivity index (χ2v) is 6.28. The first kappa shape index (κ1) is 16.8. The molecule has 6 heteroatoms. The predicted octanol–water partition coefficient (Wildman–Crippen LogP) is 3.58. The maximum absolute atomic E-state index is 13.0. The SMILES string of the molecule is O=C(O)[C@@H]1CN(CCc2ccc3ccccc3c2)C[C@H]1C(F)(F)F. The Bertz CT molecular complexity index is 744. The Labute approximate surface area is 137 Å². The van der Waals surface area contributed by atoms with Crippen LogP contribution in [0.3, 0.4) is 0 Å². The lowest BCUT2D eigenvalue weighted by Crippen LogP contribution is -2.33. The first-order valence-corrected chi connectivity index (χ1v) is 7.84. The van der Waals surface area contributed by atoms with E-state index in [1.165, 1.54) is 0 Å². The molecule has 128 valence electrons. The number of likely N-dealkylation sites (tertiary alicyclic amines) is 1. The summed E-state index contributed by atoms with van der Waals surface area (Å²) in [5.41, 5.74) is 1.04. The van der Waals surface area contributed by atoms with Crippen LogP contribution in [0, 0.1) is 11.8 Å². The number of alkyl halides is 3. The number of carboxylic acids is 1. The third-order valence-corrected chi connectivity index (χ3v) is 4.66. The monoisotopic (exact) mass is 337 g/mol. The van der Waals surface area contributed by atoms with Crippen molar-refractivity contribution >= 4 is 16.7 Å². The molecule has 1 aliphatic rings. The van der Waals surface area contributed by atoms with Crippen molar-refractivity contribution in [3.8, 4) is 0 Å². The topological polar surface area (TPSA) is 40.5 Å². The maximum atomic E-state index is 13.0. The molecular weight excluding hydrogens is 319 g/mol. The van der Waals surface area contributed by atoms with Crippen LogP contribution in [0.1, 0.15) is 5.56 Å². The maximum Gasteiger partial charge on any atom is 0.393 e. The van der Waals surface area contributed by atoms with E-state index in [9.17, 15) is 18.0 Å². The first-order chi connectivity index (χ1) is 11.3. The number of fused-ring (bicyclic) bond motifs is 1. The van der Waals surface area contributed by atoms with Gasteiger partial charge in [0.1, 0.15) is 0 Å². The summed E-state index contributed by atoms with van der Waals surface area (Å²) >= 11 is 0. The van der Waals surface area contributed by atoms with Crippen molar-refractivity contribution in [1.29, 1.82) is 0 Å². The fourth-order valence-electron chi connectivity index (χ4n) is 3.33. The minimum Gasteiger partial charge on any atom is -0.481 e. The molecule has 0 spiro atoms. The van der Waals surface area contributed by atoms with Gasteiger partial charge in [-0.15, -0.1) is 0 Å². The van der Waals surface area contributed by atoms with Crippen molar-refractivity contribution in [2.75, 3.05) is 19.6 Å². The van der Waals surface area contributed by atoms with Crippen molar-refractivity contribution in [3.63, 3.8) is 0 Å². The van der Waals surface area contributed by atoms with E-state index in [-0.39, 0.29) is 13.1 Å². The first-order valence-electron chi connectivity index (χ1n) is 7.84. The molecule has 0 amide bonds. The second kappa shape index (κ2) is 6.43. The van der Waals surface area contributed by atoms with Crippen molar-refractivity contribution in [2.45, 2.75) is 12.6 Å². The summed E-state index contributed by atoms with van der Waals surface area (Å²) in [5, 5.41) is 11.2. The van der Waals surface area contributed by atoms with Gasteiger partial charge < -0.3 is 10.0 Å². The number of carbonyl (C=O) groups is 1. The summed E-state index contributed by atoms with van der Waals surface area (Å²) in [6.45, 7) is 0.135. The highest BCUT2D eigenvalue weighted by Gasteiger charge is 2.52. The molecule has 0 bridgehead atoms. The lowest BCUT2D eigenvalue weighted by molar-refractivity contribution is -0.188. The lowest BCUT2D eigenvalue weighted by atomic mass is 9.96. The quantitative estimate of drug-likeness (QED) is 0.927. The number of aliphatic carboxylic acids is 1. The van der Waals surface area contributed by atoms with Crippen LogP contribution in [0.5, 0.6) is 0 Å². The summed E-state index contributed by atoms with van der Waals surface area (Å²) in [4.78, 5) is 12.7. The summed E-state index contributed by atoms with van der Waals surface area (Å²) in [6.07, 6.45) is -3.87. The van der Waals surface area contributed by atoms with Crippen LogP contribution in [-0.4, -0.2) is 41.8 Å². The van der Waals surface area contributed by atoms with E-state index in [2.05, 4.69) is 0 Å². The van der Waals surface area contributed by atoms with Crippen molar-refractivity contribution in [3.05, 3.63) is 48.0 Å². The fraction of sp³-hybridized carbons (Fsp3) is 0.389. The molecule has 0 saturated carbocycles. The number of benzene rings is 2. The van der Waals surface area contributed by atoms with E-state index in [0.717, 1.165) is 16.3 Å². The van der Waals surface area contributed by atoms with Crippen LogP contribution in [0.25, 0.3) is 10.8 Å². The highest BCUT2D eigenvalue weighted by atomic mass is 19.4. The van der Waals surface area contributed by atoms with E-state index >= 15 is 0 Å². The van der Waals surface area contributed by atoms with Gasteiger partial charge in [-0.3, -0.25) is 4.79 Å². The van der Waals surface area contributed by atoms with Crippen LogP contribution in [0.15, 0.2) is 42.5 Å².